The van der Waals surface area contributed by atoms with Gasteiger partial charge in [0.2, 0.25) is 5.76 Å². The van der Waals surface area contributed by atoms with Crippen molar-refractivity contribution in [3.05, 3.63) is 65.0 Å². The van der Waals surface area contributed by atoms with Gasteiger partial charge in [0.15, 0.2) is 11.5 Å². The van der Waals surface area contributed by atoms with E-state index in [0.29, 0.717) is 12.0 Å². The third kappa shape index (κ3) is 5.02. The fourth-order valence-corrected chi connectivity index (χ4v) is 9.29. The van der Waals surface area contributed by atoms with E-state index in [2.05, 4.69) is 17.1 Å². The molecule has 2 saturated heterocycles. The molecule has 8 nitrogen and oxygen atoms in total. The van der Waals surface area contributed by atoms with E-state index in [9.17, 15) is 22.8 Å². The molecule has 7 atom stereocenters. The van der Waals surface area contributed by atoms with Gasteiger partial charge in [-0.25, -0.2) is 0 Å². The standard InChI is InChI=1S/C34H39F3N2O6/c1-20(40)43-28(22-8-5-4-6-9-22)29(45-34(35,36)37)31(41)38-33(42-3)15-14-23-18-25-24-10-7-11-26-32(24,27(23)30(33)44-26)16-17-39(25,2)19-21-12-13-21/h4-6,8-9,14-15,21,24-26,30H,7,10-13,16-19H2,1-3H3/p+1/t24-,25+,26-,30?,32+,33?,39?/m0/s1. The number of alkyl halides is 3. The second-order valence-corrected chi connectivity index (χ2v) is 13.8. The third-order valence-electron chi connectivity index (χ3n) is 11.2. The Bertz CT molecular complexity index is 1490. The van der Waals surface area contributed by atoms with Crippen molar-refractivity contribution in [1.29, 1.82) is 0 Å². The van der Waals surface area contributed by atoms with Crippen LogP contribution in [0.4, 0.5) is 13.2 Å². The van der Waals surface area contributed by atoms with E-state index >= 15 is 0 Å². The maximum Gasteiger partial charge on any atom is 0.573 e. The Labute approximate surface area is 260 Å². The second kappa shape index (κ2) is 10.7. The number of halogens is 3. The zero-order chi connectivity index (χ0) is 31.8. The molecule has 0 radical (unpaired) electrons. The van der Waals surface area contributed by atoms with Crippen molar-refractivity contribution in [1.82, 2.24) is 5.32 Å². The monoisotopic (exact) mass is 629 g/mol. The van der Waals surface area contributed by atoms with Crippen LogP contribution in [0.3, 0.4) is 0 Å². The third-order valence-corrected chi connectivity index (χ3v) is 11.2. The van der Waals surface area contributed by atoms with Crippen LogP contribution in [0.5, 0.6) is 0 Å². The van der Waals surface area contributed by atoms with E-state index in [1.807, 2.05) is 6.08 Å². The number of nitrogens with zero attached hydrogens (tertiary/aromatic N) is 1. The van der Waals surface area contributed by atoms with Crippen LogP contribution in [0, 0.1) is 17.3 Å². The molecule has 7 rings (SSSR count). The maximum absolute atomic E-state index is 13.9. The number of esters is 1. The lowest BCUT2D eigenvalue weighted by atomic mass is 9.50. The number of carbonyl (C=O) groups excluding carboxylic acids is 2. The summed E-state index contributed by atoms with van der Waals surface area (Å²) in [5.41, 5.74) is 0.577. The van der Waals surface area contributed by atoms with Gasteiger partial charge in [-0.1, -0.05) is 42.8 Å². The van der Waals surface area contributed by atoms with Crippen molar-refractivity contribution in [2.24, 2.45) is 17.3 Å². The fourth-order valence-electron chi connectivity index (χ4n) is 9.29. The fraction of sp³-hybridized carbons (Fsp3) is 0.588. The van der Waals surface area contributed by atoms with E-state index in [0.717, 1.165) is 61.5 Å². The molecule has 2 bridgehead atoms. The normalized spacial score (nSPS) is 37.0. The number of methoxy groups -OCH3 is 1. The number of quaternary nitrogens is 1. The molecule has 1 aromatic rings. The Morgan fingerprint density at radius 3 is 2.56 bits per heavy atom. The number of allylic oxidation sites excluding steroid dienone is 1. The molecule has 4 aliphatic carbocycles. The van der Waals surface area contributed by atoms with E-state index < -0.39 is 41.6 Å². The molecule has 45 heavy (non-hydrogen) atoms. The molecule has 2 aliphatic heterocycles. The zero-order valence-electron chi connectivity index (χ0n) is 25.8. The summed E-state index contributed by atoms with van der Waals surface area (Å²) in [6.07, 6.45) is 5.15. The van der Waals surface area contributed by atoms with Crippen molar-refractivity contribution < 1.29 is 46.2 Å². The lowest BCUT2D eigenvalue weighted by Crippen LogP contribution is -2.69. The maximum atomic E-state index is 13.9. The number of rotatable bonds is 8. The highest BCUT2D eigenvalue weighted by atomic mass is 19.4. The molecule has 1 aromatic carbocycles. The van der Waals surface area contributed by atoms with Crippen LogP contribution in [-0.2, 0) is 28.5 Å². The highest BCUT2D eigenvalue weighted by Gasteiger charge is 2.71. The predicted octanol–water partition coefficient (Wildman–Crippen LogP) is 5.37. The lowest BCUT2D eigenvalue weighted by Gasteiger charge is -2.62. The van der Waals surface area contributed by atoms with Gasteiger partial charge in [0.25, 0.3) is 5.91 Å². The van der Waals surface area contributed by atoms with E-state index in [-0.39, 0.29) is 17.1 Å². The average Bonchev–Trinajstić information content (AvgIpc) is 3.74. The topological polar surface area (TPSA) is 83.1 Å². The van der Waals surface area contributed by atoms with E-state index in [1.54, 1.807) is 24.3 Å². The van der Waals surface area contributed by atoms with Crippen LogP contribution >= 0.6 is 0 Å². The van der Waals surface area contributed by atoms with Gasteiger partial charge in [-0.3, -0.25) is 9.59 Å². The zero-order valence-corrected chi connectivity index (χ0v) is 25.8. The van der Waals surface area contributed by atoms with Crippen LogP contribution in [0.15, 0.2) is 59.4 Å². The number of piperidine rings is 1. The van der Waals surface area contributed by atoms with Gasteiger partial charge in [-0.2, -0.15) is 0 Å². The first-order valence-corrected chi connectivity index (χ1v) is 15.9. The summed E-state index contributed by atoms with van der Waals surface area (Å²) in [5.74, 6) is -2.78. The summed E-state index contributed by atoms with van der Waals surface area (Å²) in [5, 5.41) is 2.70. The van der Waals surface area contributed by atoms with Gasteiger partial charge < -0.3 is 28.7 Å². The van der Waals surface area contributed by atoms with E-state index in [1.165, 1.54) is 44.2 Å². The van der Waals surface area contributed by atoms with Gasteiger partial charge in [0, 0.05) is 49.7 Å². The minimum absolute atomic E-state index is 0.0653. The molecule has 11 heteroatoms. The quantitative estimate of drug-likeness (QED) is 0.137. The number of nitrogens with one attached hydrogen (secondary N) is 1. The number of carbonyl (C=O) groups is 2. The number of ether oxygens (including phenoxy) is 4. The minimum atomic E-state index is -5.25. The first-order chi connectivity index (χ1) is 21.4. The van der Waals surface area contributed by atoms with Crippen molar-refractivity contribution in [3.8, 4) is 0 Å². The summed E-state index contributed by atoms with van der Waals surface area (Å²) in [6.45, 7) is 3.29. The van der Waals surface area contributed by atoms with Crippen LogP contribution < -0.4 is 5.32 Å². The van der Waals surface area contributed by atoms with Crippen molar-refractivity contribution in [2.75, 3.05) is 27.2 Å². The van der Waals surface area contributed by atoms with Crippen LogP contribution in [0.2, 0.25) is 0 Å². The van der Waals surface area contributed by atoms with E-state index in [4.69, 9.17) is 14.2 Å². The highest BCUT2D eigenvalue weighted by molar-refractivity contribution is 6.00. The smallest absolute Gasteiger partial charge is 0.422 e. The van der Waals surface area contributed by atoms with Crippen molar-refractivity contribution in [2.45, 2.75) is 82.2 Å². The number of likely N-dealkylation sites (tertiary alicyclic amines) is 1. The Kier molecular flexibility index (Phi) is 7.25. The van der Waals surface area contributed by atoms with Crippen molar-refractivity contribution in [3.63, 3.8) is 0 Å². The van der Waals surface area contributed by atoms with Crippen molar-refractivity contribution >= 4 is 17.6 Å². The lowest BCUT2D eigenvalue weighted by molar-refractivity contribution is -0.947. The Morgan fingerprint density at radius 1 is 1.13 bits per heavy atom. The van der Waals surface area contributed by atoms with Gasteiger partial charge in [0.1, 0.15) is 6.10 Å². The van der Waals surface area contributed by atoms with Gasteiger partial charge in [-0.15, -0.1) is 13.2 Å². The number of hydrogen-bond donors (Lipinski definition) is 1. The molecule has 3 unspecified atom stereocenters. The number of benzene rings is 1. The summed E-state index contributed by atoms with van der Waals surface area (Å²) in [7, 11) is 3.83. The Hall–Kier alpha value is -3.15. The first-order valence-electron chi connectivity index (χ1n) is 15.9. The molecule has 242 valence electrons. The largest absolute Gasteiger partial charge is 0.573 e. The molecular weight excluding hydrogens is 589 g/mol. The second-order valence-electron chi connectivity index (χ2n) is 13.8. The average molecular weight is 630 g/mol. The van der Waals surface area contributed by atoms with Crippen LogP contribution in [-0.4, -0.2) is 73.9 Å². The molecule has 1 spiro atoms. The molecule has 6 aliphatic rings. The molecule has 2 saturated carbocycles. The van der Waals surface area contributed by atoms with Gasteiger partial charge in [-0.05, 0) is 42.9 Å². The highest BCUT2D eigenvalue weighted by Crippen LogP contribution is 2.67. The Balaban J connectivity index is 1.28. The number of amides is 1. The summed E-state index contributed by atoms with van der Waals surface area (Å²) in [4.78, 5) is 26.0. The van der Waals surface area contributed by atoms with Gasteiger partial charge in [0.05, 0.1) is 32.3 Å². The molecule has 0 aromatic heterocycles. The number of hydrogen-bond acceptors (Lipinski definition) is 6. The summed E-state index contributed by atoms with van der Waals surface area (Å²) >= 11 is 0. The molecule has 1 N–H and O–H groups in total. The summed E-state index contributed by atoms with van der Waals surface area (Å²) in [6, 6.07) is 8.08. The minimum Gasteiger partial charge on any atom is -0.422 e. The predicted molar refractivity (Wildman–Crippen MR) is 156 cm³/mol. The van der Waals surface area contributed by atoms with Crippen LogP contribution in [0.1, 0.15) is 57.4 Å². The molecule has 2 heterocycles. The Morgan fingerprint density at radius 2 is 1.89 bits per heavy atom. The first kappa shape index (κ1) is 30.5. The van der Waals surface area contributed by atoms with Gasteiger partial charge >= 0.3 is 12.3 Å². The SMILES string of the molecule is COC1(NC(=O)C(OC(F)(F)F)=C(OC(C)=O)c2ccccc2)C=CC2=C3C1O[C@H]1CCC[C@H]4[C@@H](C2)[N+](C)(CC2CC2)CC[C@]314. The van der Waals surface area contributed by atoms with Crippen LogP contribution in [0.25, 0.3) is 5.76 Å². The molecule has 4 fully saturated rings. The molecular formula is C34H40F3N2O6+. The molecule has 1 amide bonds. The summed E-state index contributed by atoms with van der Waals surface area (Å²) < 4.78 is 64.8.